The van der Waals surface area contributed by atoms with Crippen LogP contribution in [0.1, 0.15) is 16.7 Å². The summed E-state index contributed by atoms with van der Waals surface area (Å²) in [6.45, 7) is 0. The number of benzene rings is 2. The predicted octanol–water partition coefficient (Wildman–Crippen LogP) is 4.13. The molecule has 0 aliphatic heterocycles. The summed E-state index contributed by atoms with van der Waals surface area (Å²) in [5.41, 5.74) is 3.79. The van der Waals surface area contributed by atoms with Gasteiger partial charge in [-0.2, -0.15) is 5.26 Å². The van der Waals surface area contributed by atoms with E-state index in [0.29, 0.717) is 17.1 Å². The van der Waals surface area contributed by atoms with Crippen molar-refractivity contribution in [3.8, 4) is 11.9 Å². The summed E-state index contributed by atoms with van der Waals surface area (Å²) in [6, 6.07) is 23.6. The molecule has 4 nitrogen and oxygen atoms in total. The Morgan fingerprint density at radius 1 is 1.00 bits per heavy atom. The van der Waals surface area contributed by atoms with Gasteiger partial charge in [-0.1, -0.05) is 60.7 Å². The van der Waals surface area contributed by atoms with Crippen LogP contribution >= 0.6 is 0 Å². The minimum absolute atomic E-state index is 0.303. The number of aromatic nitrogens is 1. The monoisotopic (exact) mass is 313 g/mol. The molecule has 116 valence electrons. The number of nitrogens with zero attached hydrogens (tertiary/aromatic N) is 3. The van der Waals surface area contributed by atoms with E-state index in [1.807, 2.05) is 60.7 Å². The molecule has 4 heteroatoms. The third-order valence-electron chi connectivity index (χ3n) is 3.49. The molecule has 0 saturated heterocycles. The number of rotatable bonds is 4. The van der Waals surface area contributed by atoms with Crippen molar-refractivity contribution in [3.63, 3.8) is 0 Å². The largest absolute Gasteiger partial charge is 0.480 e. The molecule has 1 heterocycles. The highest BCUT2D eigenvalue weighted by Gasteiger charge is 2.09. The highest BCUT2D eigenvalue weighted by molar-refractivity contribution is 6.13. The first kappa shape index (κ1) is 15.4. The highest BCUT2D eigenvalue weighted by Crippen LogP contribution is 2.22. The van der Waals surface area contributed by atoms with Gasteiger partial charge in [0.2, 0.25) is 5.88 Å². The SMILES string of the molecule is COc1ncc(N=C(c2ccccc2)c2ccccc2)cc1C#N. The van der Waals surface area contributed by atoms with Crippen LogP contribution in [0.3, 0.4) is 0 Å². The maximum Gasteiger partial charge on any atom is 0.231 e. The van der Waals surface area contributed by atoms with Crippen molar-refractivity contribution < 1.29 is 4.74 Å². The minimum Gasteiger partial charge on any atom is -0.480 e. The van der Waals surface area contributed by atoms with Crippen LogP contribution in [0, 0.1) is 11.3 Å². The molecule has 0 spiro atoms. The average molecular weight is 313 g/mol. The number of ether oxygens (including phenoxy) is 1. The molecule has 1 aromatic heterocycles. The summed E-state index contributed by atoms with van der Waals surface area (Å²) in [5, 5.41) is 9.22. The van der Waals surface area contributed by atoms with Crippen molar-refractivity contribution in [2.45, 2.75) is 0 Å². The molecular formula is C20H15N3O. The molecule has 0 fully saturated rings. The van der Waals surface area contributed by atoms with E-state index < -0.39 is 0 Å². The van der Waals surface area contributed by atoms with E-state index >= 15 is 0 Å². The number of pyridine rings is 1. The Balaban J connectivity index is 2.13. The van der Waals surface area contributed by atoms with Gasteiger partial charge in [-0.3, -0.25) is 0 Å². The van der Waals surface area contributed by atoms with Crippen molar-refractivity contribution in [3.05, 3.63) is 89.6 Å². The first-order valence-electron chi connectivity index (χ1n) is 7.45. The van der Waals surface area contributed by atoms with Crippen LogP contribution in [-0.4, -0.2) is 17.8 Å². The zero-order chi connectivity index (χ0) is 16.8. The molecule has 0 amide bonds. The Morgan fingerprint density at radius 3 is 2.08 bits per heavy atom. The van der Waals surface area contributed by atoms with Gasteiger partial charge in [0.15, 0.2) is 0 Å². The van der Waals surface area contributed by atoms with Crippen LogP contribution in [-0.2, 0) is 0 Å². The second-order valence-electron chi connectivity index (χ2n) is 5.05. The van der Waals surface area contributed by atoms with E-state index in [0.717, 1.165) is 16.8 Å². The summed E-state index contributed by atoms with van der Waals surface area (Å²) in [7, 11) is 1.49. The van der Waals surface area contributed by atoms with Gasteiger partial charge in [0.05, 0.1) is 24.7 Å². The summed E-state index contributed by atoms with van der Waals surface area (Å²) >= 11 is 0. The van der Waals surface area contributed by atoms with Crippen molar-refractivity contribution in [1.29, 1.82) is 5.26 Å². The number of hydrogen-bond acceptors (Lipinski definition) is 4. The van der Waals surface area contributed by atoms with Crippen molar-refractivity contribution in [2.75, 3.05) is 7.11 Å². The Bertz CT molecular complexity index is 856. The molecule has 2 aromatic carbocycles. The van der Waals surface area contributed by atoms with E-state index in [9.17, 15) is 5.26 Å². The van der Waals surface area contributed by atoms with E-state index in [4.69, 9.17) is 9.73 Å². The molecule has 0 bridgehead atoms. The zero-order valence-corrected chi connectivity index (χ0v) is 13.2. The lowest BCUT2D eigenvalue weighted by atomic mass is 10.0. The summed E-state index contributed by atoms with van der Waals surface area (Å²) < 4.78 is 5.08. The molecule has 0 saturated carbocycles. The lowest BCUT2D eigenvalue weighted by Gasteiger charge is -2.08. The Hall–Kier alpha value is -3.45. The van der Waals surface area contributed by atoms with Crippen LogP contribution in [0.4, 0.5) is 5.69 Å². The van der Waals surface area contributed by atoms with Gasteiger partial charge in [-0.25, -0.2) is 9.98 Å². The standard InChI is InChI=1S/C20H15N3O/c1-24-20-17(13-21)12-18(14-22-20)23-19(15-8-4-2-5-9-15)16-10-6-3-7-11-16/h2-12,14H,1H3. The summed E-state index contributed by atoms with van der Waals surface area (Å²) in [6.07, 6.45) is 1.60. The lowest BCUT2D eigenvalue weighted by molar-refractivity contribution is 0.396. The normalized spacial score (nSPS) is 9.83. The summed E-state index contributed by atoms with van der Waals surface area (Å²) in [5.74, 6) is 0.303. The zero-order valence-electron chi connectivity index (χ0n) is 13.2. The van der Waals surface area contributed by atoms with Gasteiger partial charge in [-0.05, 0) is 6.07 Å². The van der Waals surface area contributed by atoms with Gasteiger partial charge in [0.25, 0.3) is 0 Å². The summed E-state index contributed by atoms with van der Waals surface area (Å²) in [4.78, 5) is 8.89. The molecule has 0 radical (unpaired) electrons. The second kappa shape index (κ2) is 7.21. The Labute approximate surface area is 140 Å². The number of aliphatic imine (C=N–C) groups is 1. The third-order valence-corrected chi connectivity index (χ3v) is 3.49. The first-order valence-corrected chi connectivity index (χ1v) is 7.45. The lowest BCUT2D eigenvalue weighted by Crippen LogP contribution is -2.02. The molecule has 0 N–H and O–H groups in total. The van der Waals surface area contributed by atoms with Crippen molar-refractivity contribution in [2.24, 2.45) is 4.99 Å². The van der Waals surface area contributed by atoms with Crippen LogP contribution in [0.5, 0.6) is 5.88 Å². The number of nitriles is 1. The van der Waals surface area contributed by atoms with E-state index in [2.05, 4.69) is 11.1 Å². The van der Waals surface area contributed by atoms with Crippen molar-refractivity contribution >= 4 is 11.4 Å². The van der Waals surface area contributed by atoms with Gasteiger partial charge in [-0.15, -0.1) is 0 Å². The fourth-order valence-corrected chi connectivity index (χ4v) is 2.36. The molecule has 0 aliphatic carbocycles. The van der Waals surface area contributed by atoms with Crippen LogP contribution in [0.25, 0.3) is 0 Å². The number of methoxy groups -OCH3 is 1. The van der Waals surface area contributed by atoms with Gasteiger partial charge in [0.1, 0.15) is 11.6 Å². The second-order valence-corrected chi connectivity index (χ2v) is 5.05. The molecule has 0 unspecified atom stereocenters. The predicted molar refractivity (Wildman–Crippen MR) is 93.7 cm³/mol. The van der Waals surface area contributed by atoms with Crippen LogP contribution < -0.4 is 4.74 Å². The fraction of sp³-hybridized carbons (Fsp3) is 0.0500. The minimum atomic E-state index is 0.303. The Kier molecular flexibility index (Phi) is 4.64. The number of hydrogen-bond donors (Lipinski definition) is 0. The van der Waals surface area contributed by atoms with Crippen LogP contribution in [0.2, 0.25) is 0 Å². The van der Waals surface area contributed by atoms with Gasteiger partial charge in [0, 0.05) is 11.1 Å². The molecule has 0 aliphatic rings. The maximum absolute atomic E-state index is 9.22. The first-order chi connectivity index (χ1) is 11.8. The van der Waals surface area contributed by atoms with Gasteiger partial charge < -0.3 is 4.74 Å². The van der Waals surface area contributed by atoms with Crippen LogP contribution in [0.15, 0.2) is 77.9 Å². The smallest absolute Gasteiger partial charge is 0.231 e. The molecule has 3 aromatic rings. The van der Waals surface area contributed by atoms with E-state index in [-0.39, 0.29) is 0 Å². The fourth-order valence-electron chi connectivity index (χ4n) is 2.36. The quantitative estimate of drug-likeness (QED) is 0.680. The third kappa shape index (κ3) is 3.31. The molecular weight excluding hydrogens is 298 g/mol. The van der Waals surface area contributed by atoms with Crippen molar-refractivity contribution in [1.82, 2.24) is 4.98 Å². The topological polar surface area (TPSA) is 58.3 Å². The highest BCUT2D eigenvalue weighted by atomic mass is 16.5. The molecule has 0 atom stereocenters. The van der Waals surface area contributed by atoms with E-state index in [1.54, 1.807) is 12.3 Å². The molecule has 24 heavy (non-hydrogen) atoms. The maximum atomic E-state index is 9.22. The van der Waals surface area contributed by atoms with Gasteiger partial charge >= 0.3 is 0 Å². The Morgan fingerprint density at radius 2 is 1.58 bits per heavy atom. The average Bonchev–Trinajstić information content (AvgIpc) is 2.67. The van der Waals surface area contributed by atoms with E-state index in [1.165, 1.54) is 7.11 Å². The molecule has 3 rings (SSSR count).